The Balaban J connectivity index is 1.61. The van der Waals surface area contributed by atoms with Crippen molar-refractivity contribution in [3.05, 3.63) is 16.3 Å². The molecular weight excluding hydrogens is 394 g/mol. The molecule has 0 unspecified atom stereocenters. The Hall–Kier alpha value is -1.89. The quantitative estimate of drug-likeness (QED) is 0.786. The van der Waals surface area contributed by atoms with Crippen LogP contribution in [-0.4, -0.2) is 52.6 Å². The van der Waals surface area contributed by atoms with Crippen molar-refractivity contribution in [1.82, 2.24) is 20.2 Å². The highest BCUT2D eigenvalue weighted by atomic mass is 32.1. The summed E-state index contributed by atoms with van der Waals surface area (Å²) in [6.45, 7) is 13.7. The van der Waals surface area contributed by atoms with Crippen molar-refractivity contribution in [2.24, 2.45) is 5.92 Å². The molecule has 0 spiro atoms. The van der Waals surface area contributed by atoms with Crippen molar-refractivity contribution in [3.63, 3.8) is 0 Å². The summed E-state index contributed by atoms with van der Waals surface area (Å²) in [7, 11) is 0. The number of thiophene rings is 1. The first-order valence-electron chi connectivity index (χ1n) is 11.4. The first-order valence-corrected chi connectivity index (χ1v) is 12.2. The Morgan fingerprint density at radius 2 is 1.93 bits per heavy atom. The van der Waals surface area contributed by atoms with Gasteiger partial charge in [-0.2, -0.15) is 0 Å². The Bertz CT molecular complexity index is 924. The van der Waals surface area contributed by atoms with Gasteiger partial charge in [-0.15, -0.1) is 11.3 Å². The molecule has 0 radical (unpaired) electrons. The lowest BCUT2D eigenvalue weighted by Gasteiger charge is -2.37. The van der Waals surface area contributed by atoms with E-state index in [-0.39, 0.29) is 11.6 Å². The van der Waals surface area contributed by atoms with E-state index in [1.54, 1.807) is 0 Å². The molecule has 1 aliphatic heterocycles. The number of hydrogen-bond acceptors (Lipinski definition) is 5. The average molecular weight is 430 g/mol. The predicted molar refractivity (Wildman–Crippen MR) is 125 cm³/mol. The van der Waals surface area contributed by atoms with Crippen LogP contribution in [0.1, 0.15) is 63.7 Å². The summed E-state index contributed by atoms with van der Waals surface area (Å²) >= 11 is 1.88. The van der Waals surface area contributed by atoms with Crippen LogP contribution in [0.3, 0.4) is 0 Å². The van der Waals surface area contributed by atoms with Gasteiger partial charge in [0.2, 0.25) is 0 Å². The van der Waals surface area contributed by atoms with Gasteiger partial charge >= 0.3 is 6.03 Å². The summed E-state index contributed by atoms with van der Waals surface area (Å²) in [6, 6.07) is 0.0311. The van der Waals surface area contributed by atoms with Gasteiger partial charge in [0.05, 0.1) is 5.39 Å². The van der Waals surface area contributed by atoms with E-state index >= 15 is 0 Å². The zero-order valence-electron chi connectivity index (χ0n) is 19.0. The van der Waals surface area contributed by atoms with E-state index in [4.69, 9.17) is 9.97 Å². The van der Waals surface area contributed by atoms with Crippen LogP contribution < -0.4 is 10.2 Å². The summed E-state index contributed by atoms with van der Waals surface area (Å²) in [5.41, 5.74) is 1.27. The molecule has 7 heteroatoms. The summed E-state index contributed by atoms with van der Waals surface area (Å²) in [5, 5.41) is 4.37. The van der Waals surface area contributed by atoms with E-state index in [0.29, 0.717) is 0 Å². The van der Waals surface area contributed by atoms with Crippen molar-refractivity contribution in [3.8, 4) is 0 Å². The van der Waals surface area contributed by atoms with E-state index in [0.717, 1.165) is 67.8 Å². The van der Waals surface area contributed by atoms with Gasteiger partial charge in [-0.25, -0.2) is 14.8 Å². The van der Waals surface area contributed by atoms with Crippen LogP contribution in [0.15, 0.2) is 0 Å². The van der Waals surface area contributed by atoms with Crippen LogP contribution in [0, 0.1) is 5.92 Å². The minimum atomic E-state index is -0.213. The lowest BCUT2D eigenvalue weighted by molar-refractivity contribution is 0.185. The van der Waals surface area contributed by atoms with Gasteiger partial charge in [-0.1, -0.05) is 13.8 Å². The summed E-state index contributed by atoms with van der Waals surface area (Å²) in [4.78, 5) is 29.5. The van der Waals surface area contributed by atoms with Crippen LogP contribution >= 0.6 is 11.3 Å². The first kappa shape index (κ1) is 21.3. The zero-order chi connectivity index (χ0) is 21.5. The number of carbonyl (C=O) groups excluding carboxylic acids is 1. The third-order valence-corrected chi connectivity index (χ3v) is 7.15. The van der Waals surface area contributed by atoms with Gasteiger partial charge in [-0.3, -0.25) is 0 Å². The van der Waals surface area contributed by atoms with Gasteiger partial charge in [0.25, 0.3) is 0 Å². The number of nitrogens with one attached hydrogen (secondary N) is 1. The molecule has 2 amide bonds. The number of piperazine rings is 1. The number of amides is 2. The smallest absolute Gasteiger partial charge is 0.317 e. The fraction of sp³-hybridized carbons (Fsp3) is 0.696. The van der Waals surface area contributed by atoms with E-state index in [9.17, 15) is 4.79 Å². The highest BCUT2D eigenvalue weighted by Gasteiger charge is 2.29. The molecule has 1 fully saturated rings. The number of rotatable bonds is 3. The zero-order valence-corrected chi connectivity index (χ0v) is 19.9. The molecule has 1 N–H and O–H groups in total. The molecule has 2 aromatic rings. The van der Waals surface area contributed by atoms with Crippen LogP contribution in [0.5, 0.6) is 0 Å². The van der Waals surface area contributed by atoms with Crippen LogP contribution in [0.4, 0.5) is 10.6 Å². The van der Waals surface area contributed by atoms with Crippen LogP contribution in [0.25, 0.3) is 10.2 Å². The van der Waals surface area contributed by atoms with Gasteiger partial charge in [0.15, 0.2) is 0 Å². The molecular formula is C23H35N5OS. The fourth-order valence-electron chi connectivity index (χ4n) is 4.45. The Morgan fingerprint density at radius 1 is 1.20 bits per heavy atom. The second-order valence-corrected chi connectivity index (χ2v) is 11.0. The van der Waals surface area contributed by atoms with E-state index in [2.05, 4.69) is 24.1 Å². The maximum absolute atomic E-state index is 12.6. The molecule has 2 aliphatic rings. The number of urea groups is 1. The molecule has 3 heterocycles. The van der Waals surface area contributed by atoms with Crippen molar-refractivity contribution >= 4 is 33.4 Å². The van der Waals surface area contributed by atoms with Gasteiger partial charge in [0, 0.05) is 43.0 Å². The molecule has 0 saturated carbocycles. The van der Waals surface area contributed by atoms with Gasteiger partial charge in [0.1, 0.15) is 16.5 Å². The molecule has 164 valence electrons. The molecule has 1 saturated heterocycles. The second kappa shape index (κ2) is 8.33. The highest BCUT2D eigenvalue weighted by Crippen LogP contribution is 2.41. The lowest BCUT2D eigenvalue weighted by Crippen LogP contribution is -2.55. The Kier molecular flexibility index (Phi) is 5.93. The van der Waals surface area contributed by atoms with Crippen molar-refractivity contribution < 1.29 is 4.79 Å². The van der Waals surface area contributed by atoms with E-state index in [1.807, 2.05) is 37.0 Å². The summed E-state index contributed by atoms with van der Waals surface area (Å²) < 4.78 is 0. The SMILES string of the molecule is CCCc1nc(N2CCN(C(=O)NC(C)(C)C)CC2)c2c3c(sc2n1)C[C@@H](C)CC3. The standard InChI is InChI=1S/C23H35N5OS/c1-6-7-18-24-20(19-16-9-8-15(2)14-17(16)30-21(19)25-18)27-10-12-28(13-11-27)22(29)26-23(3,4)5/h15H,6-14H2,1-5H3,(H,26,29)/t15-/m0/s1. The maximum Gasteiger partial charge on any atom is 0.317 e. The molecule has 0 bridgehead atoms. The van der Waals surface area contributed by atoms with E-state index < -0.39 is 0 Å². The third kappa shape index (κ3) is 4.41. The van der Waals surface area contributed by atoms with Crippen molar-refractivity contribution in [1.29, 1.82) is 0 Å². The number of aryl methyl sites for hydroxylation is 2. The number of anilines is 1. The molecule has 0 aromatic carbocycles. The molecule has 4 rings (SSSR count). The highest BCUT2D eigenvalue weighted by molar-refractivity contribution is 7.19. The summed E-state index contributed by atoms with van der Waals surface area (Å²) in [5.74, 6) is 2.81. The maximum atomic E-state index is 12.6. The first-order chi connectivity index (χ1) is 14.2. The Morgan fingerprint density at radius 3 is 2.60 bits per heavy atom. The molecule has 30 heavy (non-hydrogen) atoms. The van der Waals surface area contributed by atoms with Crippen LogP contribution in [-0.2, 0) is 19.3 Å². The molecule has 1 atom stereocenters. The topological polar surface area (TPSA) is 61.4 Å². The van der Waals surface area contributed by atoms with E-state index in [1.165, 1.54) is 28.7 Å². The molecule has 1 aliphatic carbocycles. The molecule has 2 aromatic heterocycles. The largest absolute Gasteiger partial charge is 0.352 e. The monoisotopic (exact) mass is 429 g/mol. The van der Waals surface area contributed by atoms with Crippen molar-refractivity contribution in [2.45, 2.75) is 72.3 Å². The minimum absolute atomic E-state index is 0.0311. The Labute approximate surface area is 184 Å². The number of aromatic nitrogens is 2. The van der Waals surface area contributed by atoms with Gasteiger partial charge < -0.3 is 15.1 Å². The summed E-state index contributed by atoms with van der Waals surface area (Å²) in [6.07, 6.45) is 5.51. The van der Waals surface area contributed by atoms with Gasteiger partial charge in [-0.05, 0) is 57.9 Å². The number of carbonyl (C=O) groups is 1. The average Bonchev–Trinajstić information content (AvgIpc) is 3.03. The lowest BCUT2D eigenvalue weighted by atomic mass is 9.89. The number of fused-ring (bicyclic) bond motifs is 3. The normalized spacial score (nSPS) is 19.8. The second-order valence-electron chi connectivity index (χ2n) is 9.90. The fourth-order valence-corrected chi connectivity index (χ4v) is 5.85. The molecule has 6 nitrogen and oxygen atoms in total. The number of nitrogens with zero attached hydrogens (tertiary/aromatic N) is 4. The van der Waals surface area contributed by atoms with Crippen LogP contribution in [0.2, 0.25) is 0 Å². The predicted octanol–water partition coefficient (Wildman–Crippen LogP) is 4.40. The van der Waals surface area contributed by atoms with Crippen molar-refractivity contribution in [2.75, 3.05) is 31.1 Å². The number of hydrogen-bond donors (Lipinski definition) is 1. The third-order valence-electron chi connectivity index (χ3n) is 6.00. The minimum Gasteiger partial charge on any atom is -0.352 e.